The Kier molecular flexibility index (Phi) is 2.05. The van der Waals surface area contributed by atoms with E-state index in [2.05, 4.69) is 18.3 Å². The maximum absolute atomic E-state index is 4.01. The van der Waals surface area contributed by atoms with Crippen LogP contribution >= 0.6 is 0 Å². The number of hydrogen-bond acceptors (Lipinski definition) is 1. The summed E-state index contributed by atoms with van der Waals surface area (Å²) in [5, 5.41) is 4.01. The number of hydrogen-bond donors (Lipinski definition) is 0. The molecule has 1 rings (SSSR count). The van der Waals surface area contributed by atoms with Crippen LogP contribution < -0.4 is 0 Å². The number of rotatable bonds is 3. The average Bonchev–Trinajstić information content (AvgIpc) is 2.40. The van der Waals surface area contributed by atoms with Crippen molar-refractivity contribution in [2.24, 2.45) is 0 Å². The van der Waals surface area contributed by atoms with Crippen molar-refractivity contribution in [3.63, 3.8) is 0 Å². The molecule has 0 fully saturated rings. The maximum atomic E-state index is 4.01. The van der Waals surface area contributed by atoms with Crippen molar-refractivity contribution in [3.8, 4) is 0 Å². The van der Waals surface area contributed by atoms with Crippen molar-refractivity contribution < 1.29 is 0 Å². The highest BCUT2D eigenvalue weighted by molar-refractivity contribution is 5.10. The molecule has 1 aromatic heterocycles. The SMILES string of the molecule is C=CC(=C)Cn1cccn1. The summed E-state index contributed by atoms with van der Waals surface area (Å²) >= 11 is 0. The zero-order valence-electron chi connectivity index (χ0n) is 5.83. The topological polar surface area (TPSA) is 17.8 Å². The lowest BCUT2D eigenvalue weighted by Crippen LogP contribution is -1.98. The van der Waals surface area contributed by atoms with Crippen molar-refractivity contribution in [2.75, 3.05) is 0 Å². The Morgan fingerprint density at radius 3 is 3.00 bits per heavy atom. The molecule has 0 aromatic carbocycles. The van der Waals surface area contributed by atoms with Gasteiger partial charge >= 0.3 is 0 Å². The monoisotopic (exact) mass is 134 g/mol. The van der Waals surface area contributed by atoms with Crippen molar-refractivity contribution in [3.05, 3.63) is 43.3 Å². The summed E-state index contributed by atoms with van der Waals surface area (Å²) in [4.78, 5) is 0. The van der Waals surface area contributed by atoms with Gasteiger partial charge in [0.25, 0.3) is 0 Å². The highest BCUT2D eigenvalue weighted by atomic mass is 15.3. The predicted molar refractivity (Wildman–Crippen MR) is 41.6 cm³/mol. The Morgan fingerprint density at radius 2 is 2.50 bits per heavy atom. The van der Waals surface area contributed by atoms with Crippen LogP contribution in [-0.4, -0.2) is 9.78 Å². The summed E-state index contributed by atoms with van der Waals surface area (Å²) in [6.45, 7) is 8.10. The highest BCUT2D eigenvalue weighted by Gasteiger charge is 1.89. The number of aromatic nitrogens is 2. The van der Waals surface area contributed by atoms with Gasteiger partial charge in [0.2, 0.25) is 0 Å². The lowest BCUT2D eigenvalue weighted by molar-refractivity contribution is 0.687. The molecular weight excluding hydrogens is 124 g/mol. The quantitative estimate of drug-likeness (QED) is 0.574. The predicted octanol–water partition coefficient (Wildman–Crippen LogP) is 1.63. The van der Waals surface area contributed by atoms with Crippen LogP contribution in [0.15, 0.2) is 43.3 Å². The first-order chi connectivity index (χ1) is 4.83. The first kappa shape index (κ1) is 6.81. The van der Waals surface area contributed by atoms with Crippen LogP contribution in [0.25, 0.3) is 0 Å². The molecule has 1 heterocycles. The fraction of sp³-hybridized carbons (Fsp3) is 0.125. The molecule has 0 unspecified atom stereocenters. The second kappa shape index (κ2) is 3.01. The van der Waals surface area contributed by atoms with Crippen molar-refractivity contribution in [1.82, 2.24) is 9.78 Å². The highest BCUT2D eigenvalue weighted by Crippen LogP contribution is 1.95. The minimum atomic E-state index is 0.733. The first-order valence-electron chi connectivity index (χ1n) is 3.10. The summed E-state index contributed by atoms with van der Waals surface area (Å²) < 4.78 is 1.81. The standard InChI is InChI=1S/C8H10N2/c1-3-8(2)7-10-6-4-5-9-10/h3-6H,1-2,7H2. The number of nitrogens with zero attached hydrogens (tertiary/aromatic N) is 2. The second-order valence-corrected chi connectivity index (χ2v) is 2.07. The van der Waals surface area contributed by atoms with E-state index in [4.69, 9.17) is 0 Å². The fourth-order valence-electron chi connectivity index (χ4n) is 0.667. The Balaban J connectivity index is 2.56. The van der Waals surface area contributed by atoms with E-state index < -0.39 is 0 Å². The van der Waals surface area contributed by atoms with E-state index in [0.717, 1.165) is 12.1 Å². The normalized spacial score (nSPS) is 9.20. The third kappa shape index (κ3) is 1.58. The van der Waals surface area contributed by atoms with Gasteiger partial charge in [0.05, 0.1) is 6.54 Å². The Morgan fingerprint density at radius 1 is 1.70 bits per heavy atom. The second-order valence-electron chi connectivity index (χ2n) is 2.07. The number of allylic oxidation sites excluding steroid dienone is 2. The maximum Gasteiger partial charge on any atom is 0.0653 e. The van der Waals surface area contributed by atoms with Gasteiger partial charge in [-0.15, -0.1) is 0 Å². The molecule has 2 nitrogen and oxygen atoms in total. The molecule has 0 N–H and O–H groups in total. The van der Waals surface area contributed by atoms with Gasteiger partial charge in [0.1, 0.15) is 0 Å². The van der Waals surface area contributed by atoms with Crippen LogP contribution in [0.3, 0.4) is 0 Å². The molecule has 1 aromatic rings. The van der Waals surface area contributed by atoms with E-state index >= 15 is 0 Å². The summed E-state index contributed by atoms with van der Waals surface area (Å²) in [6.07, 6.45) is 5.38. The van der Waals surface area contributed by atoms with Crippen LogP contribution in [0.4, 0.5) is 0 Å². The summed E-state index contributed by atoms with van der Waals surface area (Å²) in [6, 6.07) is 1.89. The van der Waals surface area contributed by atoms with Crippen LogP contribution in [0.5, 0.6) is 0 Å². The van der Waals surface area contributed by atoms with E-state index in [-0.39, 0.29) is 0 Å². The van der Waals surface area contributed by atoms with E-state index in [1.165, 1.54) is 0 Å². The van der Waals surface area contributed by atoms with Crippen LogP contribution in [-0.2, 0) is 6.54 Å². The van der Waals surface area contributed by atoms with Gasteiger partial charge in [-0.05, 0) is 11.6 Å². The largest absolute Gasteiger partial charge is 0.268 e. The van der Waals surface area contributed by atoms with E-state index in [9.17, 15) is 0 Å². The van der Waals surface area contributed by atoms with Crippen molar-refractivity contribution in [1.29, 1.82) is 0 Å². The zero-order valence-corrected chi connectivity index (χ0v) is 5.83. The molecule has 0 radical (unpaired) electrons. The first-order valence-corrected chi connectivity index (χ1v) is 3.10. The molecule has 52 valence electrons. The van der Waals surface area contributed by atoms with Crippen LogP contribution in [0, 0.1) is 0 Å². The molecule has 0 saturated heterocycles. The summed E-state index contributed by atoms with van der Waals surface area (Å²) in [5.41, 5.74) is 0.976. The van der Waals surface area contributed by atoms with Crippen LogP contribution in [0.1, 0.15) is 0 Å². The molecule has 2 heteroatoms. The minimum Gasteiger partial charge on any atom is -0.268 e. The zero-order chi connectivity index (χ0) is 7.40. The van der Waals surface area contributed by atoms with Crippen molar-refractivity contribution >= 4 is 0 Å². The van der Waals surface area contributed by atoms with E-state index in [1.54, 1.807) is 12.3 Å². The Bertz CT molecular complexity index is 221. The van der Waals surface area contributed by atoms with E-state index in [1.807, 2.05) is 16.9 Å². The van der Waals surface area contributed by atoms with Crippen molar-refractivity contribution in [2.45, 2.75) is 6.54 Å². The van der Waals surface area contributed by atoms with Gasteiger partial charge in [-0.1, -0.05) is 19.2 Å². The Hall–Kier alpha value is -1.31. The average molecular weight is 134 g/mol. The molecule has 0 aliphatic heterocycles. The lowest BCUT2D eigenvalue weighted by atomic mass is 10.3. The molecule has 0 amide bonds. The minimum absolute atomic E-state index is 0.733. The third-order valence-electron chi connectivity index (χ3n) is 1.21. The van der Waals surface area contributed by atoms with Gasteiger partial charge in [0.15, 0.2) is 0 Å². The fourth-order valence-corrected chi connectivity index (χ4v) is 0.667. The van der Waals surface area contributed by atoms with Gasteiger partial charge in [-0.25, -0.2) is 0 Å². The summed E-state index contributed by atoms with van der Waals surface area (Å²) in [5.74, 6) is 0. The Labute approximate surface area is 60.5 Å². The van der Waals surface area contributed by atoms with Crippen LogP contribution in [0.2, 0.25) is 0 Å². The molecule has 0 spiro atoms. The van der Waals surface area contributed by atoms with Gasteiger partial charge in [-0.2, -0.15) is 5.10 Å². The molecule has 0 saturated carbocycles. The van der Waals surface area contributed by atoms with E-state index in [0.29, 0.717) is 0 Å². The molecular formula is C8H10N2. The molecule has 0 bridgehead atoms. The van der Waals surface area contributed by atoms with Gasteiger partial charge < -0.3 is 0 Å². The molecule has 0 atom stereocenters. The lowest BCUT2D eigenvalue weighted by Gasteiger charge is -1.98. The molecule has 0 aliphatic carbocycles. The third-order valence-corrected chi connectivity index (χ3v) is 1.21. The van der Waals surface area contributed by atoms with Gasteiger partial charge in [0, 0.05) is 12.4 Å². The summed E-state index contributed by atoms with van der Waals surface area (Å²) in [7, 11) is 0. The molecule has 0 aliphatic rings. The van der Waals surface area contributed by atoms with Gasteiger partial charge in [-0.3, -0.25) is 4.68 Å². The smallest absolute Gasteiger partial charge is 0.0653 e. The molecule has 10 heavy (non-hydrogen) atoms.